The number of benzene rings is 1. The second-order valence-corrected chi connectivity index (χ2v) is 6.76. The first-order valence-corrected chi connectivity index (χ1v) is 8.54. The van der Waals surface area contributed by atoms with Crippen molar-refractivity contribution in [1.82, 2.24) is 5.32 Å². The molecule has 1 aromatic carbocycles. The largest absolute Gasteiger partial charge is 0.495 e. The lowest BCUT2D eigenvalue weighted by Crippen LogP contribution is -2.53. The fraction of sp³-hybridized carbons (Fsp3) is 0.556. The molecule has 1 heterocycles. The summed E-state index contributed by atoms with van der Waals surface area (Å²) in [6, 6.07) is 7.38. The van der Waals surface area contributed by atoms with Crippen molar-refractivity contribution in [2.24, 2.45) is 11.7 Å². The lowest BCUT2D eigenvalue weighted by Gasteiger charge is -2.30. The topological polar surface area (TPSA) is 84.7 Å². The summed E-state index contributed by atoms with van der Waals surface area (Å²) < 4.78 is 5.33. The standard InChI is InChI=1S/C18H25N3O3/c1-24-15-7-3-2-6-14(15)21-11-13(10-16(21)22)17(23)20-18(12-19)8-4-5-9-18/h2-3,6-7,13H,4-5,8-12,19H2,1H3,(H,20,23). The van der Waals surface area contributed by atoms with Gasteiger partial charge in [0.2, 0.25) is 11.8 Å². The SMILES string of the molecule is COc1ccccc1N1CC(C(=O)NC2(CN)CCCC2)CC1=O. The molecule has 6 nitrogen and oxygen atoms in total. The Morgan fingerprint density at radius 2 is 2.08 bits per heavy atom. The molecule has 2 amide bonds. The molecule has 3 rings (SSSR count). The maximum atomic E-state index is 12.7. The van der Waals surface area contributed by atoms with E-state index in [0.717, 1.165) is 31.4 Å². The summed E-state index contributed by atoms with van der Waals surface area (Å²) >= 11 is 0. The van der Waals surface area contributed by atoms with Crippen molar-refractivity contribution in [2.45, 2.75) is 37.6 Å². The smallest absolute Gasteiger partial charge is 0.227 e. The first-order valence-electron chi connectivity index (χ1n) is 8.54. The van der Waals surface area contributed by atoms with Gasteiger partial charge in [-0.1, -0.05) is 25.0 Å². The summed E-state index contributed by atoms with van der Waals surface area (Å²) in [4.78, 5) is 26.7. The molecule has 1 saturated heterocycles. The van der Waals surface area contributed by atoms with E-state index in [1.54, 1.807) is 12.0 Å². The van der Waals surface area contributed by atoms with Crippen LogP contribution in [0, 0.1) is 5.92 Å². The number of hydrogen-bond donors (Lipinski definition) is 2. The van der Waals surface area contributed by atoms with Crippen molar-refractivity contribution >= 4 is 17.5 Å². The number of hydrogen-bond acceptors (Lipinski definition) is 4. The zero-order chi connectivity index (χ0) is 17.2. The predicted octanol–water partition coefficient (Wildman–Crippen LogP) is 1.44. The molecule has 0 radical (unpaired) electrons. The molecule has 0 aromatic heterocycles. The summed E-state index contributed by atoms with van der Waals surface area (Å²) in [5.41, 5.74) is 6.33. The van der Waals surface area contributed by atoms with Gasteiger partial charge >= 0.3 is 0 Å². The summed E-state index contributed by atoms with van der Waals surface area (Å²) in [7, 11) is 1.58. The van der Waals surface area contributed by atoms with Gasteiger partial charge in [-0.2, -0.15) is 0 Å². The van der Waals surface area contributed by atoms with Crippen LogP contribution in [0.25, 0.3) is 0 Å². The third kappa shape index (κ3) is 3.11. The van der Waals surface area contributed by atoms with Gasteiger partial charge in [0.25, 0.3) is 0 Å². The number of carbonyl (C=O) groups excluding carboxylic acids is 2. The zero-order valence-electron chi connectivity index (χ0n) is 14.1. The fourth-order valence-electron chi connectivity index (χ4n) is 3.76. The van der Waals surface area contributed by atoms with Gasteiger partial charge in [-0.25, -0.2) is 0 Å². The Morgan fingerprint density at radius 1 is 1.38 bits per heavy atom. The molecular weight excluding hydrogens is 306 g/mol. The van der Waals surface area contributed by atoms with E-state index >= 15 is 0 Å². The van der Waals surface area contributed by atoms with Crippen LogP contribution in [0.3, 0.4) is 0 Å². The van der Waals surface area contributed by atoms with Gasteiger partial charge in [-0.05, 0) is 25.0 Å². The van der Waals surface area contributed by atoms with Crippen LogP contribution in [0.15, 0.2) is 24.3 Å². The Morgan fingerprint density at radius 3 is 2.75 bits per heavy atom. The molecule has 1 aliphatic heterocycles. The van der Waals surface area contributed by atoms with Crippen LogP contribution < -0.4 is 20.7 Å². The summed E-state index contributed by atoms with van der Waals surface area (Å²) in [6.07, 6.45) is 4.26. The van der Waals surface area contributed by atoms with E-state index in [1.807, 2.05) is 24.3 Å². The minimum atomic E-state index is -0.341. The Hall–Kier alpha value is -2.08. The van der Waals surface area contributed by atoms with Gasteiger partial charge in [0, 0.05) is 19.5 Å². The number of methoxy groups -OCH3 is 1. The summed E-state index contributed by atoms with van der Waals surface area (Å²) in [5.74, 6) is 0.188. The molecule has 1 unspecified atom stereocenters. The first-order chi connectivity index (χ1) is 11.6. The van der Waals surface area contributed by atoms with Gasteiger partial charge in [-0.3, -0.25) is 9.59 Å². The molecule has 24 heavy (non-hydrogen) atoms. The highest BCUT2D eigenvalue weighted by Crippen LogP contribution is 2.34. The number of nitrogens with zero attached hydrogens (tertiary/aromatic N) is 1. The van der Waals surface area contributed by atoms with Crippen LogP contribution >= 0.6 is 0 Å². The number of amides is 2. The Balaban J connectivity index is 1.71. The van der Waals surface area contributed by atoms with Crippen LogP contribution in [0.5, 0.6) is 5.75 Å². The van der Waals surface area contributed by atoms with Crippen LogP contribution in [-0.4, -0.2) is 37.6 Å². The van der Waals surface area contributed by atoms with Crippen molar-refractivity contribution in [1.29, 1.82) is 0 Å². The van der Waals surface area contributed by atoms with Crippen LogP contribution in [0.1, 0.15) is 32.1 Å². The number of rotatable bonds is 5. The van der Waals surface area contributed by atoms with Crippen molar-refractivity contribution in [2.75, 3.05) is 25.1 Å². The molecule has 3 N–H and O–H groups in total. The second kappa shape index (κ2) is 6.81. The highest BCUT2D eigenvalue weighted by atomic mass is 16.5. The minimum Gasteiger partial charge on any atom is -0.495 e. The lowest BCUT2D eigenvalue weighted by atomic mass is 9.96. The first kappa shape index (κ1) is 16.8. The molecule has 1 saturated carbocycles. The van der Waals surface area contributed by atoms with Crippen LogP contribution in [0.2, 0.25) is 0 Å². The van der Waals surface area contributed by atoms with E-state index in [1.165, 1.54) is 0 Å². The maximum Gasteiger partial charge on any atom is 0.227 e. The van der Waals surface area contributed by atoms with Crippen LogP contribution in [0.4, 0.5) is 5.69 Å². The molecule has 1 aromatic rings. The second-order valence-electron chi connectivity index (χ2n) is 6.76. The average molecular weight is 331 g/mol. The molecule has 6 heteroatoms. The van der Waals surface area contributed by atoms with Gasteiger partial charge in [-0.15, -0.1) is 0 Å². The Kier molecular flexibility index (Phi) is 4.76. The van der Waals surface area contributed by atoms with Crippen molar-refractivity contribution in [3.05, 3.63) is 24.3 Å². The third-order valence-corrected chi connectivity index (χ3v) is 5.21. The molecule has 130 valence electrons. The van der Waals surface area contributed by atoms with Gasteiger partial charge < -0.3 is 20.7 Å². The number of nitrogens with two attached hydrogens (primary N) is 1. The quantitative estimate of drug-likeness (QED) is 0.855. The maximum absolute atomic E-state index is 12.7. The molecular formula is C18H25N3O3. The number of nitrogens with one attached hydrogen (secondary N) is 1. The number of ether oxygens (including phenoxy) is 1. The number of anilines is 1. The van der Waals surface area contributed by atoms with E-state index < -0.39 is 0 Å². The van der Waals surface area contributed by atoms with E-state index in [9.17, 15) is 9.59 Å². The minimum absolute atomic E-state index is 0.0483. The van der Waals surface area contributed by atoms with E-state index in [4.69, 9.17) is 10.5 Å². The lowest BCUT2D eigenvalue weighted by molar-refractivity contribution is -0.127. The average Bonchev–Trinajstić information content (AvgIpc) is 3.22. The molecule has 2 fully saturated rings. The van der Waals surface area contributed by atoms with E-state index in [2.05, 4.69) is 5.32 Å². The molecule has 1 atom stereocenters. The van der Waals surface area contributed by atoms with Gasteiger partial charge in [0.05, 0.1) is 24.3 Å². The Labute approximate surface area is 142 Å². The van der Waals surface area contributed by atoms with E-state index in [-0.39, 0.29) is 29.7 Å². The van der Waals surface area contributed by atoms with Crippen molar-refractivity contribution in [3.8, 4) is 5.75 Å². The summed E-state index contributed by atoms with van der Waals surface area (Å²) in [5, 5.41) is 3.13. The zero-order valence-corrected chi connectivity index (χ0v) is 14.1. The highest BCUT2D eigenvalue weighted by molar-refractivity contribution is 6.01. The summed E-state index contributed by atoms with van der Waals surface area (Å²) in [6.45, 7) is 0.835. The molecule has 0 spiro atoms. The monoisotopic (exact) mass is 331 g/mol. The number of para-hydroxylation sites is 2. The van der Waals surface area contributed by atoms with E-state index in [0.29, 0.717) is 18.8 Å². The van der Waals surface area contributed by atoms with Crippen molar-refractivity contribution < 1.29 is 14.3 Å². The third-order valence-electron chi connectivity index (χ3n) is 5.21. The molecule has 1 aliphatic carbocycles. The normalized spacial score (nSPS) is 22.7. The molecule has 2 aliphatic rings. The highest BCUT2D eigenvalue weighted by Gasteiger charge is 2.40. The predicted molar refractivity (Wildman–Crippen MR) is 91.9 cm³/mol. The van der Waals surface area contributed by atoms with Gasteiger partial charge in [0.15, 0.2) is 0 Å². The Bertz CT molecular complexity index is 626. The number of carbonyl (C=O) groups is 2. The van der Waals surface area contributed by atoms with Crippen molar-refractivity contribution in [3.63, 3.8) is 0 Å². The van der Waals surface area contributed by atoms with Gasteiger partial charge in [0.1, 0.15) is 5.75 Å². The fourth-order valence-corrected chi connectivity index (χ4v) is 3.76. The van der Waals surface area contributed by atoms with Crippen LogP contribution in [-0.2, 0) is 9.59 Å². The molecule has 0 bridgehead atoms.